The summed E-state index contributed by atoms with van der Waals surface area (Å²) in [6, 6.07) is 3.74. The largest absolute Gasteiger partial charge is 0.398 e. The lowest BCUT2D eigenvalue weighted by Crippen LogP contribution is -2.39. The van der Waals surface area contributed by atoms with E-state index < -0.39 is 0 Å². The average Bonchev–Trinajstić information content (AvgIpc) is 2.44. The van der Waals surface area contributed by atoms with Gasteiger partial charge in [0, 0.05) is 22.5 Å². The lowest BCUT2D eigenvalue weighted by atomic mass is 10.0. The lowest BCUT2D eigenvalue weighted by molar-refractivity contribution is 0.0948. The van der Waals surface area contributed by atoms with Crippen LogP contribution >= 0.6 is 11.8 Å². The van der Waals surface area contributed by atoms with Gasteiger partial charge < -0.3 is 11.1 Å². The summed E-state index contributed by atoms with van der Waals surface area (Å²) in [6.07, 6.45) is 4.19. The lowest BCUT2D eigenvalue weighted by Gasteiger charge is -2.30. The number of nitrogens with two attached hydrogens (primary N) is 1. The van der Waals surface area contributed by atoms with Gasteiger partial charge >= 0.3 is 0 Å². The molecule has 112 valence electrons. The van der Waals surface area contributed by atoms with Crippen LogP contribution in [0.5, 0.6) is 0 Å². The van der Waals surface area contributed by atoms with Gasteiger partial charge in [-0.15, -0.1) is 0 Å². The van der Waals surface area contributed by atoms with Crippen LogP contribution in [0.15, 0.2) is 12.1 Å². The van der Waals surface area contributed by atoms with Crippen LogP contribution in [0.2, 0.25) is 0 Å². The zero-order chi connectivity index (χ0) is 15.3. The van der Waals surface area contributed by atoms with Crippen molar-refractivity contribution in [1.29, 1.82) is 0 Å². The maximum atomic E-state index is 12.3. The van der Waals surface area contributed by atoms with Crippen LogP contribution in [0.25, 0.3) is 0 Å². The van der Waals surface area contributed by atoms with Gasteiger partial charge in [-0.25, -0.2) is 0 Å². The first-order chi connectivity index (χ1) is 9.39. The highest BCUT2D eigenvalue weighted by molar-refractivity contribution is 8.00. The second-order valence-corrected chi connectivity index (χ2v) is 6.57. The molecule has 0 aliphatic rings. The Bertz CT molecular complexity index is 473. The second-order valence-electron chi connectivity index (χ2n) is 5.30. The fourth-order valence-electron chi connectivity index (χ4n) is 2.31. The molecule has 0 bridgehead atoms. The normalized spacial score (nSPS) is 11.4. The third kappa shape index (κ3) is 3.69. The Hall–Kier alpha value is -1.16. The zero-order valence-electron chi connectivity index (χ0n) is 13.2. The van der Waals surface area contributed by atoms with Crippen LogP contribution < -0.4 is 11.1 Å². The zero-order valence-corrected chi connectivity index (χ0v) is 14.0. The van der Waals surface area contributed by atoms with E-state index >= 15 is 0 Å². The first-order valence-corrected chi connectivity index (χ1v) is 8.31. The molecular weight excluding hydrogens is 268 g/mol. The highest BCUT2D eigenvalue weighted by Crippen LogP contribution is 2.29. The number of rotatable bonds is 6. The van der Waals surface area contributed by atoms with E-state index in [9.17, 15) is 4.79 Å². The molecule has 1 aromatic carbocycles. The highest BCUT2D eigenvalue weighted by atomic mass is 32.2. The molecule has 0 atom stereocenters. The van der Waals surface area contributed by atoms with Crippen molar-refractivity contribution in [3.05, 3.63) is 28.8 Å². The van der Waals surface area contributed by atoms with E-state index in [1.165, 1.54) is 0 Å². The number of hydrogen-bond donors (Lipinski definition) is 2. The molecule has 0 radical (unpaired) electrons. The maximum absolute atomic E-state index is 12.3. The molecule has 1 rings (SSSR count). The summed E-state index contributed by atoms with van der Waals surface area (Å²) in [5.74, 6) is -0.0328. The molecule has 20 heavy (non-hydrogen) atoms. The van der Waals surface area contributed by atoms with Crippen molar-refractivity contribution < 1.29 is 4.79 Å². The van der Waals surface area contributed by atoms with Crippen LogP contribution in [-0.4, -0.2) is 23.5 Å². The van der Waals surface area contributed by atoms with Crippen molar-refractivity contribution in [3.8, 4) is 0 Å². The van der Waals surface area contributed by atoms with Crippen molar-refractivity contribution in [2.24, 2.45) is 0 Å². The van der Waals surface area contributed by atoms with E-state index in [1.807, 2.05) is 31.7 Å². The number of nitrogen functional groups attached to an aromatic ring is 1. The summed E-state index contributed by atoms with van der Waals surface area (Å²) < 4.78 is 0.125. The van der Waals surface area contributed by atoms with E-state index in [0.717, 1.165) is 24.0 Å². The smallest absolute Gasteiger partial charge is 0.251 e. The minimum absolute atomic E-state index is 0.0328. The molecule has 0 fully saturated rings. The number of thioether (sulfide) groups is 1. The molecule has 3 N–H and O–H groups in total. The number of benzene rings is 1. The van der Waals surface area contributed by atoms with E-state index in [4.69, 9.17) is 5.73 Å². The summed E-state index contributed by atoms with van der Waals surface area (Å²) in [5, 5.41) is 3.06. The fraction of sp³-hybridized carbons (Fsp3) is 0.562. The average molecular weight is 294 g/mol. The van der Waals surface area contributed by atoms with E-state index in [0.29, 0.717) is 17.8 Å². The molecule has 0 unspecified atom stereocenters. The van der Waals surface area contributed by atoms with Gasteiger partial charge in [0.1, 0.15) is 0 Å². The summed E-state index contributed by atoms with van der Waals surface area (Å²) in [4.78, 5) is 12.3. The number of hydrogen-bond acceptors (Lipinski definition) is 3. The fourth-order valence-corrected chi connectivity index (χ4v) is 3.10. The van der Waals surface area contributed by atoms with Gasteiger partial charge in [0.2, 0.25) is 0 Å². The van der Waals surface area contributed by atoms with Crippen molar-refractivity contribution in [1.82, 2.24) is 5.32 Å². The third-order valence-corrected chi connectivity index (χ3v) is 5.74. The van der Waals surface area contributed by atoms with Gasteiger partial charge in [0.05, 0.1) is 0 Å². The maximum Gasteiger partial charge on any atom is 0.251 e. The van der Waals surface area contributed by atoms with E-state index in [-0.39, 0.29) is 10.7 Å². The topological polar surface area (TPSA) is 55.1 Å². The van der Waals surface area contributed by atoms with Crippen molar-refractivity contribution in [2.75, 3.05) is 18.5 Å². The van der Waals surface area contributed by atoms with Gasteiger partial charge in [-0.05, 0) is 50.1 Å². The summed E-state index contributed by atoms with van der Waals surface area (Å²) in [6.45, 7) is 8.93. The number of anilines is 1. The van der Waals surface area contributed by atoms with Crippen molar-refractivity contribution in [2.45, 2.75) is 45.3 Å². The number of carbonyl (C=O) groups is 1. The quantitative estimate of drug-likeness (QED) is 0.789. The number of aryl methyl sites for hydroxylation is 2. The molecule has 4 heteroatoms. The Balaban J connectivity index is 2.85. The Morgan fingerprint density at radius 1 is 1.25 bits per heavy atom. The SMILES string of the molecule is CCC(CC)(CNC(=O)c1cc(N)c(C)cc1C)SC. The highest BCUT2D eigenvalue weighted by Gasteiger charge is 2.25. The molecule has 0 spiro atoms. The third-order valence-electron chi connectivity index (χ3n) is 4.15. The minimum Gasteiger partial charge on any atom is -0.398 e. The van der Waals surface area contributed by atoms with Gasteiger partial charge in [0.25, 0.3) is 5.91 Å². The number of carbonyl (C=O) groups excluding carboxylic acids is 1. The predicted molar refractivity (Wildman–Crippen MR) is 89.5 cm³/mol. The molecule has 1 amide bonds. The van der Waals surface area contributed by atoms with Crippen LogP contribution in [0.4, 0.5) is 5.69 Å². The molecular formula is C16H26N2OS. The Morgan fingerprint density at radius 2 is 1.85 bits per heavy atom. The van der Waals surface area contributed by atoms with Crippen molar-refractivity contribution in [3.63, 3.8) is 0 Å². The molecule has 0 aromatic heterocycles. The van der Waals surface area contributed by atoms with Crippen LogP contribution in [0, 0.1) is 13.8 Å². The van der Waals surface area contributed by atoms with E-state index in [1.54, 1.807) is 6.07 Å². The number of amides is 1. The molecule has 0 aliphatic heterocycles. The van der Waals surface area contributed by atoms with Crippen LogP contribution in [0.3, 0.4) is 0 Å². The second kappa shape index (κ2) is 7.02. The van der Waals surface area contributed by atoms with E-state index in [2.05, 4.69) is 25.4 Å². The summed E-state index contributed by atoms with van der Waals surface area (Å²) >= 11 is 1.82. The Morgan fingerprint density at radius 3 is 2.35 bits per heavy atom. The van der Waals surface area contributed by atoms with Gasteiger partial charge in [-0.1, -0.05) is 19.9 Å². The van der Waals surface area contributed by atoms with Crippen LogP contribution in [0.1, 0.15) is 48.2 Å². The summed E-state index contributed by atoms with van der Waals surface area (Å²) in [5.41, 5.74) is 9.23. The Labute approximate surface area is 126 Å². The van der Waals surface area contributed by atoms with Gasteiger partial charge in [-0.3, -0.25) is 4.79 Å². The monoisotopic (exact) mass is 294 g/mol. The first kappa shape index (κ1) is 16.9. The predicted octanol–water partition coefficient (Wildman–Crippen LogP) is 3.54. The molecule has 0 heterocycles. The standard InChI is InChI=1S/C16H26N2OS/c1-6-16(7-2,20-5)10-18-15(19)13-9-14(17)12(4)8-11(13)3/h8-9H,6-7,10,17H2,1-5H3,(H,18,19). The van der Waals surface area contributed by atoms with Crippen molar-refractivity contribution >= 4 is 23.4 Å². The van der Waals surface area contributed by atoms with Gasteiger partial charge in [0.15, 0.2) is 0 Å². The van der Waals surface area contributed by atoms with Gasteiger partial charge in [-0.2, -0.15) is 11.8 Å². The minimum atomic E-state index is -0.0328. The number of nitrogens with one attached hydrogen (secondary N) is 1. The first-order valence-electron chi connectivity index (χ1n) is 7.09. The molecule has 3 nitrogen and oxygen atoms in total. The molecule has 0 saturated heterocycles. The summed E-state index contributed by atoms with van der Waals surface area (Å²) in [7, 11) is 0. The molecule has 1 aromatic rings. The Kier molecular flexibility index (Phi) is 5.93. The molecule has 0 aliphatic carbocycles. The van der Waals surface area contributed by atoms with Crippen LogP contribution in [-0.2, 0) is 0 Å². The molecule has 0 saturated carbocycles.